The first kappa shape index (κ1) is 13.8. The minimum Gasteiger partial charge on any atom is -0.474 e. The van der Waals surface area contributed by atoms with Gasteiger partial charge in [-0.3, -0.25) is 0 Å². The highest BCUT2D eigenvalue weighted by Crippen LogP contribution is 2.20. The topological polar surface area (TPSA) is 27.7 Å². The van der Waals surface area contributed by atoms with Crippen molar-refractivity contribution < 1.29 is 13.6 Å². The smallest absolute Gasteiger partial charge is 0.338 e. The van der Waals surface area contributed by atoms with Gasteiger partial charge >= 0.3 is 8.56 Å². The monoisotopic (exact) mass is 334 g/mol. The summed E-state index contributed by atoms with van der Waals surface area (Å²) < 4.78 is 16.0. The molecule has 0 amide bonds. The van der Waals surface area contributed by atoms with Gasteiger partial charge in [0, 0.05) is 27.2 Å². The summed E-state index contributed by atoms with van der Waals surface area (Å²) in [5, 5.41) is 0.558. The van der Waals surface area contributed by atoms with Gasteiger partial charge in [-0.2, -0.15) is 0 Å². The van der Waals surface area contributed by atoms with Crippen LogP contribution in [0.25, 0.3) is 0 Å². The van der Waals surface area contributed by atoms with Crippen LogP contribution in [0, 0.1) is 0 Å². The molecule has 0 heterocycles. The van der Waals surface area contributed by atoms with Crippen molar-refractivity contribution >= 4 is 48.4 Å². The first-order chi connectivity index (χ1) is 5.93. The van der Waals surface area contributed by atoms with Crippen LogP contribution in [0.4, 0.5) is 0 Å². The fourth-order valence-electron chi connectivity index (χ4n) is 0.763. The molecule has 0 bridgehead atoms. The van der Waals surface area contributed by atoms with Crippen molar-refractivity contribution in [3.8, 4) is 0 Å². The van der Waals surface area contributed by atoms with Crippen molar-refractivity contribution in [2.45, 2.75) is 23.6 Å². The Bertz CT molecular complexity index is 175. The number of halogens is 1. The highest BCUT2D eigenvalue weighted by atomic mass is 127. The molecule has 0 aliphatic rings. The van der Waals surface area contributed by atoms with E-state index in [0.717, 1.165) is 6.04 Å². The fraction of sp³-hybridized carbons (Fsp3) is 0.857. The molecule has 0 saturated heterocycles. The van der Waals surface area contributed by atoms with Crippen molar-refractivity contribution in [1.29, 1.82) is 0 Å². The van der Waals surface area contributed by atoms with Crippen molar-refractivity contribution in [2.24, 2.45) is 0 Å². The maximum Gasteiger partial charge on any atom is 0.338 e. The van der Waals surface area contributed by atoms with E-state index in [2.05, 4.69) is 22.6 Å². The van der Waals surface area contributed by atoms with Crippen LogP contribution < -0.4 is 0 Å². The van der Waals surface area contributed by atoms with E-state index >= 15 is 0 Å². The van der Waals surface area contributed by atoms with Crippen LogP contribution in [0.2, 0.25) is 12.6 Å². The number of ether oxygens (including phenoxy) is 1. The molecule has 0 N–H and O–H groups in total. The number of rotatable bonds is 5. The van der Waals surface area contributed by atoms with E-state index in [1.807, 2.05) is 6.55 Å². The van der Waals surface area contributed by atoms with Crippen LogP contribution in [0.15, 0.2) is 0 Å². The zero-order chi connectivity index (χ0) is 10.5. The molecule has 0 radical (unpaired) electrons. The predicted molar refractivity (Wildman–Crippen MR) is 67.6 cm³/mol. The van der Waals surface area contributed by atoms with Crippen LogP contribution in [0.1, 0.15) is 6.92 Å². The number of alkyl halides is 1. The van der Waals surface area contributed by atoms with Crippen molar-refractivity contribution in [2.75, 3.05) is 14.2 Å². The molecule has 0 aliphatic heterocycles. The van der Waals surface area contributed by atoms with Gasteiger partial charge in [-0.15, -0.1) is 0 Å². The highest BCUT2D eigenvalue weighted by Gasteiger charge is 2.32. The Kier molecular flexibility index (Phi) is 6.65. The third kappa shape index (κ3) is 5.95. The summed E-state index contributed by atoms with van der Waals surface area (Å²) in [6, 6.07) is 0.772. The maximum absolute atomic E-state index is 5.34. The second-order valence-electron chi connectivity index (χ2n) is 2.77. The number of thiocarbonyl (C=S) groups is 1. The van der Waals surface area contributed by atoms with Crippen LogP contribution in [0.5, 0.6) is 0 Å². The summed E-state index contributed by atoms with van der Waals surface area (Å²) in [4.78, 5) is 0. The van der Waals surface area contributed by atoms with E-state index in [1.54, 1.807) is 21.1 Å². The van der Waals surface area contributed by atoms with Crippen molar-refractivity contribution in [3.05, 3.63) is 0 Å². The molecule has 0 aromatic rings. The quantitative estimate of drug-likeness (QED) is 0.334. The fourth-order valence-corrected chi connectivity index (χ4v) is 5.00. The Morgan fingerprint density at radius 2 is 1.92 bits per heavy atom. The van der Waals surface area contributed by atoms with Crippen molar-refractivity contribution in [3.63, 3.8) is 0 Å². The van der Waals surface area contributed by atoms with Crippen LogP contribution in [-0.4, -0.2) is 31.9 Å². The SMILES string of the molecule is CO[Si](C)(CC(I)OC(C)=S)OC. The van der Waals surface area contributed by atoms with E-state index in [0.29, 0.717) is 5.05 Å². The Labute approximate surface area is 99.5 Å². The van der Waals surface area contributed by atoms with Gasteiger partial charge < -0.3 is 13.6 Å². The molecular formula is C7H15IO3SSi. The lowest BCUT2D eigenvalue weighted by Gasteiger charge is -2.25. The van der Waals surface area contributed by atoms with E-state index < -0.39 is 8.56 Å². The van der Waals surface area contributed by atoms with Gasteiger partial charge in [0.05, 0.1) is 0 Å². The average Bonchev–Trinajstić information content (AvgIpc) is 2.02. The third-order valence-corrected chi connectivity index (χ3v) is 6.15. The molecule has 0 fully saturated rings. The average molecular weight is 334 g/mol. The summed E-state index contributed by atoms with van der Waals surface area (Å²) in [5.41, 5.74) is 0. The molecule has 78 valence electrons. The van der Waals surface area contributed by atoms with Crippen molar-refractivity contribution in [1.82, 2.24) is 0 Å². The summed E-state index contributed by atoms with van der Waals surface area (Å²) in [7, 11) is 1.32. The third-order valence-electron chi connectivity index (χ3n) is 1.69. The van der Waals surface area contributed by atoms with Gasteiger partial charge in [-0.25, -0.2) is 0 Å². The predicted octanol–water partition coefficient (Wildman–Crippen LogP) is 2.48. The lowest BCUT2D eigenvalue weighted by molar-refractivity contribution is 0.228. The van der Waals surface area contributed by atoms with Gasteiger partial charge in [0.2, 0.25) is 0 Å². The molecule has 0 saturated carbocycles. The molecule has 0 aromatic carbocycles. The Morgan fingerprint density at radius 1 is 1.46 bits per heavy atom. The lowest BCUT2D eigenvalue weighted by Crippen LogP contribution is -2.39. The normalized spacial score (nSPS) is 13.9. The molecule has 3 nitrogen and oxygen atoms in total. The highest BCUT2D eigenvalue weighted by molar-refractivity contribution is 14.1. The number of hydrogen-bond donors (Lipinski definition) is 0. The molecular weight excluding hydrogens is 319 g/mol. The van der Waals surface area contributed by atoms with Crippen LogP contribution >= 0.6 is 34.8 Å². The van der Waals surface area contributed by atoms with Gasteiger partial charge in [0.25, 0.3) is 0 Å². The minimum atomic E-state index is -2.02. The second-order valence-corrected chi connectivity index (χ2v) is 8.22. The molecule has 13 heavy (non-hydrogen) atoms. The Balaban J connectivity index is 4.01. The zero-order valence-corrected chi connectivity index (χ0v) is 12.3. The van der Waals surface area contributed by atoms with Crippen LogP contribution in [0.3, 0.4) is 0 Å². The maximum atomic E-state index is 5.34. The van der Waals surface area contributed by atoms with E-state index in [1.165, 1.54) is 0 Å². The molecule has 0 aliphatic carbocycles. The lowest BCUT2D eigenvalue weighted by atomic mass is 10.8. The first-order valence-corrected chi connectivity index (χ1v) is 8.03. The van der Waals surface area contributed by atoms with Gasteiger partial charge in [-0.1, -0.05) is 0 Å². The second kappa shape index (κ2) is 6.28. The van der Waals surface area contributed by atoms with Gasteiger partial charge in [-0.05, 0) is 41.4 Å². The first-order valence-electron chi connectivity index (χ1n) is 3.85. The summed E-state index contributed by atoms with van der Waals surface area (Å²) >= 11 is 7.03. The van der Waals surface area contributed by atoms with Crippen LogP contribution in [-0.2, 0) is 13.6 Å². The van der Waals surface area contributed by atoms with E-state index in [-0.39, 0.29) is 4.11 Å². The molecule has 0 aromatic heterocycles. The number of hydrogen-bond acceptors (Lipinski definition) is 4. The van der Waals surface area contributed by atoms with E-state index in [9.17, 15) is 0 Å². The molecule has 6 heteroatoms. The summed E-state index contributed by atoms with van der Waals surface area (Å²) in [6.45, 7) is 3.76. The Morgan fingerprint density at radius 3 is 2.23 bits per heavy atom. The molecule has 1 unspecified atom stereocenters. The standard InChI is InChI=1S/C7H15IO3SSi/c1-6(12)11-7(8)5-13(4,9-2)10-3/h7H,5H2,1-4H3. The molecule has 1 atom stereocenters. The van der Waals surface area contributed by atoms with Gasteiger partial charge in [0.15, 0.2) is 9.16 Å². The molecule has 0 rings (SSSR count). The Hall–Kier alpha value is 0.757. The van der Waals surface area contributed by atoms with E-state index in [4.69, 9.17) is 25.8 Å². The summed E-state index contributed by atoms with van der Waals surface area (Å²) in [5.74, 6) is 0. The summed E-state index contributed by atoms with van der Waals surface area (Å²) in [6.07, 6.45) is 0. The molecule has 0 spiro atoms. The largest absolute Gasteiger partial charge is 0.474 e. The van der Waals surface area contributed by atoms with Gasteiger partial charge in [0.1, 0.15) is 0 Å². The minimum absolute atomic E-state index is 0.0340. The zero-order valence-electron chi connectivity index (χ0n) is 8.30.